The van der Waals surface area contributed by atoms with Gasteiger partial charge in [0.2, 0.25) is 0 Å². The Labute approximate surface area is 413 Å². The van der Waals surface area contributed by atoms with E-state index in [1.54, 1.807) is 21.3 Å². The summed E-state index contributed by atoms with van der Waals surface area (Å²) < 4.78 is 52.5. The number of Topliss-reactive ketones (excluding diaryl/α,β-unsaturated/α-hetero) is 1. The van der Waals surface area contributed by atoms with Gasteiger partial charge >= 0.3 is 5.97 Å². The van der Waals surface area contributed by atoms with Crippen molar-refractivity contribution in [2.75, 3.05) is 35.4 Å². The molecular weight excluding hydrogens is 893 g/mol. The average Bonchev–Trinajstić information content (AvgIpc) is 4.11. The second-order valence-corrected chi connectivity index (χ2v) is 21.1. The van der Waals surface area contributed by atoms with Crippen LogP contribution in [0.5, 0.6) is 0 Å². The van der Waals surface area contributed by atoms with Gasteiger partial charge in [-0.25, -0.2) is 4.68 Å². The van der Waals surface area contributed by atoms with Gasteiger partial charge < -0.3 is 47.9 Å². The number of carbonyl (C=O) groups is 2. The highest BCUT2D eigenvalue weighted by atomic mass is 16.7. The fourth-order valence-corrected chi connectivity index (χ4v) is 13.4. The molecule has 15 heteroatoms. The lowest BCUT2D eigenvalue weighted by Gasteiger charge is -2.46. The van der Waals surface area contributed by atoms with Crippen LogP contribution in [0.1, 0.15) is 91.5 Å². The van der Waals surface area contributed by atoms with Crippen molar-refractivity contribution < 1.29 is 52.6 Å². The molecule has 0 amide bonds. The minimum absolute atomic E-state index is 0.0253. The van der Waals surface area contributed by atoms with Gasteiger partial charge in [-0.1, -0.05) is 79.7 Å². The molecule has 0 radical (unpaired) electrons. The van der Waals surface area contributed by atoms with E-state index in [-0.39, 0.29) is 72.5 Å². The third kappa shape index (κ3) is 10.2. The van der Waals surface area contributed by atoms with Crippen LogP contribution in [0.4, 0.5) is 0 Å². The molecule has 2 saturated carbocycles. The van der Waals surface area contributed by atoms with Crippen LogP contribution in [0, 0.1) is 35.5 Å². The summed E-state index contributed by atoms with van der Waals surface area (Å²) in [5, 5.41) is 22.5. The van der Waals surface area contributed by atoms with Gasteiger partial charge in [-0.3, -0.25) is 9.59 Å². The van der Waals surface area contributed by atoms with Crippen molar-refractivity contribution >= 4 is 11.8 Å². The van der Waals surface area contributed by atoms with Gasteiger partial charge in [0.15, 0.2) is 18.4 Å². The highest BCUT2D eigenvalue weighted by Crippen LogP contribution is 2.60. The van der Waals surface area contributed by atoms with E-state index in [2.05, 4.69) is 61.4 Å². The van der Waals surface area contributed by atoms with Crippen LogP contribution in [-0.4, -0.2) is 146 Å². The number of aromatic nitrogens is 3. The molecule has 3 aromatic rings. The molecule has 15 nitrogen and oxygen atoms in total. The third-order valence-electron chi connectivity index (χ3n) is 17.0. The maximum Gasteiger partial charge on any atom is 0.306 e. The summed E-state index contributed by atoms with van der Waals surface area (Å²) in [6.45, 7) is 8.04. The highest BCUT2D eigenvalue weighted by Gasteiger charge is 2.60. The highest BCUT2D eigenvalue weighted by molar-refractivity contribution is 5.99. The van der Waals surface area contributed by atoms with Gasteiger partial charge in [0.1, 0.15) is 30.1 Å². The third-order valence-corrected chi connectivity index (χ3v) is 17.0. The zero-order chi connectivity index (χ0) is 49.4. The smallest absolute Gasteiger partial charge is 0.306 e. The first-order valence-electron chi connectivity index (χ1n) is 25.9. The molecule has 3 aliphatic heterocycles. The van der Waals surface area contributed by atoms with Crippen LogP contribution in [0.3, 0.4) is 0 Å². The standard InChI is InChI=1S/C55H76N4O11/c1-10-36-17-14-18-45(70-47-24-23-44(58(5)6)31(3)66-47)30(2)50(61)42-27-39-38-25-37(69-55-54(65-9)53(64-8)52(63-7)32(4)67-55)26-41(38)49(51(62)48(39)40(42)28-46(60)68-36)59-29-43(56-57-59)35-21-19-34(20-22-35)33-15-12-11-13-16-33/h11-13,15-16,19-22,27,29-32,36-41,44-45,47-49,51-55,62H,10,14,17-18,23-26,28H2,1-9H3/t30-,31?,32?,36+,37+,38+,39+,40-,41-,44+,45+,47+,48-,49+,51+,52+,53?,54?,55+/m1/s1. The van der Waals surface area contributed by atoms with Gasteiger partial charge in [-0.2, -0.15) is 0 Å². The Bertz CT molecular complexity index is 2260. The normalized spacial score (nSPS) is 39.3. The minimum atomic E-state index is -1.00. The van der Waals surface area contributed by atoms with Crippen molar-refractivity contribution in [1.82, 2.24) is 19.9 Å². The molecule has 70 heavy (non-hydrogen) atoms. The number of methoxy groups -OCH3 is 3. The number of fused-ring (bicyclic) bond motifs is 5. The number of aliphatic hydroxyl groups excluding tert-OH is 1. The zero-order valence-electron chi connectivity index (χ0n) is 42.5. The molecule has 5 fully saturated rings. The Morgan fingerprint density at radius 1 is 0.800 bits per heavy atom. The lowest BCUT2D eigenvalue weighted by atomic mass is 9.62. The number of cyclic esters (lactones) is 1. The molecule has 19 atom stereocenters. The van der Waals surface area contributed by atoms with Gasteiger partial charge in [0, 0.05) is 50.7 Å². The Kier molecular flexibility index (Phi) is 16.1. The maximum atomic E-state index is 15.3. The molecule has 382 valence electrons. The Balaban J connectivity index is 1.05. The topological polar surface area (TPSA) is 162 Å². The van der Waals surface area contributed by atoms with Crippen LogP contribution in [0.25, 0.3) is 22.4 Å². The van der Waals surface area contributed by atoms with Gasteiger partial charge in [-0.05, 0) is 114 Å². The molecule has 0 spiro atoms. The Hall–Kier alpha value is -3.90. The number of carbonyl (C=O) groups excluding carboxylic acids is 2. The van der Waals surface area contributed by atoms with Gasteiger partial charge in [0.05, 0.1) is 49.2 Å². The number of likely N-dealkylation sites (N-methyl/N-ethyl adjacent to an activating group) is 1. The van der Waals surface area contributed by atoms with Crippen molar-refractivity contribution in [2.45, 2.75) is 165 Å². The predicted molar refractivity (Wildman–Crippen MR) is 261 cm³/mol. The molecule has 3 saturated heterocycles. The molecule has 4 unspecified atom stereocenters. The first kappa shape index (κ1) is 51.0. The lowest BCUT2D eigenvalue weighted by molar-refractivity contribution is -0.314. The number of aliphatic hydroxyl groups is 1. The summed E-state index contributed by atoms with van der Waals surface area (Å²) in [6.07, 6.45) is 4.63. The summed E-state index contributed by atoms with van der Waals surface area (Å²) in [4.78, 5) is 31.6. The lowest BCUT2D eigenvalue weighted by Crippen LogP contribution is -2.59. The monoisotopic (exact) mass is 969 g/mol. The predicted octanol–water partition coefficient (Wildman–Crippen LogP) is 7.46. The van der Waals surface area contributed by atoms with Crippen molar-refractivity contribution in [3.05, 3.63) is 72.4 Å². The zero-order valence-corrected chi connectivity index (χ0v) is 42.5. The fraction of sp³-hybridized carbons (Fsp3) is 0.673. The Morgan fingerprint density at radius 2 is 1.50 bits per heavy atom. The van der Waals surface area contributed by atoms with E-state index in [1.807, 2.05) is 62.0 Å². The van der Waals surface area contributed by atoms with E-state index < -0.39 is 60.8 Å². The SMILES string of the molecule is CC[C@H]1CCC[C@H](O[C@H]2CC[C@H](N(C)C)C(C)O2)[C@@H](C)C(=O)C2=C[C@H]3[C@@H]4C[C@H](O[C@@H]5OC(C)[C@H](OC)C(OC)C5OC)C[C@H]4[C@H](n4cc(-c5ccc(-c6ccccc6)cc5)nn4)[C@@H](O)[C@H]3[C@@H]2CC(=O)O1. The van der Waals surface area contributed by atoms with Crippen LogP contribution in [0.15, 0.2) is 72.4 Å². The average molecular weight is 969 g/mol. The van der Waals surface area contributed by atoms with E-state index in [0.29, 0.717) is 43.4 Å². The molecule has 1 N–H and O–H groups in total. The van der Waals surface area contributed by atoms with E-state index in [9.17, 15) is 9.90 Å². The largest absolute Gasteiger partial charge is 0.462 e. The second kappa shape index (κ2) is 22.1. The molecule has 4 heterocycles. The Morgan fingerprint density at radius 3 is 2.19 bits per heavy atom. The van der Waals surface area contributed by atoms with Crippen LogP contribution in [0.2, 0.25) is 0 Å². The first-order valence-corrected chi connectivity index (χ1v) is 25.9. The molecule has 9 rings (SSSR count). The van der Waals surface area contributed by atoms with E-state index >= 15 is 4.79 Å². The van der Waals surface area contributed by atoms with Crippen molar-refractivity contribution in [1.29, 1.82) is 0 Å². The number of hydrogen-bond donors (Lipinski definition) is 1. The number of hydrogen-bond acceptors (Lipinski definition) is 14. The first-order chi connectivity index (χ1) is 33.8. The number of ketones is 1. The minimum Gasteiger partial charge on any atom is -0.462 e. The van der Waals surface area contributed by atoms with Crippen molar-refractivity contribution in [3.8, 4) is 22.4 Å². The van der Waals surface area contributed by atoms with Gasteiger partial charge in [0.25, 0.3) is 0 Å². The van der Waals surface area contributed by atoms with Crippen molar-refractivity contribution in [2.24, 2.45) is 35.5 Å². The van der Waals surface area contributed by atoms with Crippen LogP contribution >= 0.6 is 0 Å². The van der Waals surface area contributed by atoms with E-state index in [4.69, 9.17) is 43.1 Å². The summed E-state index contributed by atoms with van der Waals surface area (Å²) in [7, 11) is 9.05. The molecule has 1 aromatic heterocycles. The van der Waals surface area contributed by atoms with E-state index in [1.165, 1.54) is 0 Å². The number of nitrogens with zero attached hydrogens (tertiary/aromatic N) is 4. The molecule has 6 aliphatic rings. The number of esters is 1. The summed E-state index contributed by atoms with van der Waals surface area (Å²) >= 11 is 0. The molecule has 3 aliphatic carbocycles. The van der Waals surface area contributed by atoms with Gasteiger partial charge in [-0.15, -0.1) is 5.10 Å². The fourth-order valence-electron chi connectivity index (χ4n) is 13.4. The quantitative estimate of drug-likeness (QED) is 0.178. The van der Waals surface area contributed by atoms with Crippen LogP contribution in [-0.2, 0) is 47.5 Å². The summed E-state index contributed by atoms with van der Waals surface area (Å²) in [6, 6.07) is 18.2. The maximum absolute atomic E-state index is 15.3. The second-order valence-electron chi connectivity index (χ2n) is 21.1. The van der Waals surface area contributed by atoms with Crippen LogP contribution < -0.4 is 0 Å². The number of ether oxygens (including phenoxy) is 8. The number of allylic oxidation sites excluding steroid dienone is 2. The molecular formula is C55H76N4O11. The van der Waals surface area contributed by atoms with Crippen molar-refractivity contribution in [3.63, 3.8) is 0 Å². The molecule has 2 aromatic carbocycles. The number of rotatable bonds is 12. The summed E-state index contributed by atoms with van der Waals surface area (Å²) in [5.41, 5.74) is 4.36. The van der Waals surface area contributed by atoms with E-state index in [0.717, 1.165) is 36.0 Å². The number of benzene rings is 2. The molecule has 0 bridgehead atoms. The summed E-state index contributed by atoms with van der Waals surface area (Å²) in [5.74, 6) is -2.46.